The Hall–Kier alpha value is -2.18. The molecule has 0 bridgehead atoms. The first-order chi connectivity index (χ1) is 10.8. The first-order valence-electron chi connectivity index (χ1n) is 7.22. The molecular weight excluding hydrogens is 312 g/mol. The van der Waals surface area contributed by atoms with Gasteiger partial charge in [-0.25, -0.2) is 13.1 Å². The zero-order valence-corrected chi connectivity index (χ0v) is 14.2. The molecule has 0 radical (unpaired) electrons. The van der Waals surface area contributed by atoms with E-state index in [1.807, 2.05) is 32.9 Å². The van der Waals surface area contributed by atoms with Gasteiger partial charge in [0.1, 0.15) is 0 Å². The summed E-state index contributed by atoms with van der Waals surface area (Å²) in [6.07, 6.45) is 0. The van der Waals surface area contributed by atoms with Gasteiger partial charge in [-0.2, -0.15) is 0 Å². The number of hydrogen-bond donors (Lipinski definition) is 2. The van der Waals surface area contributed by atoms with Gasteiger partial charge in [0.2, 0.25) is 15.9 Å². The third kappa shape index (κ3) is 4.40. The van der Waals surface area contributed by atoms with Gasteiger partial charge in [0, 0.05) is 5.69 Å². The average Bonchev–Trinajstić information content (AvgIpc) is 2.50. The maximum absolute atomic E-state index is 12.1. The molecule has 2 N–H and O–H groups in total. The van der Waals surface area contributed by atoms with E-state index in [9.17, 15) is 13.2 Å². The molecule has 0 spiro atoms. The second-order valence-electron chi connectivity index (χ2n) is 5.43. The predicted molar refractivity (Wildman–Crippen MR) is 90.9 cm³/mol. The summed E-state index contributed by atoms with van der Waals surface area (Å²) in [5, 5.41) is 2.72. The van der Waals surface area contributed by atoms with Crippen LogP contribution in [0.4, 0.5) is 5.69 Å². The number of benzene rings is 2. The molecule has 6 heteroatoms. The molecule has 0 atom stereocenters. The maximum atomic E-state index is 12.1. The highest BCUT2D eigenvalue weighted by molar-refractivity contribution is 7.89. The topological polar surface area (TPSA) is 75.3 Å². The second-order valence-corrected chi connectivity index (χ2v) is 7.20. The van der Waals surface area contributed by atoms with E-state index < -0.39 is 15.9 Å². The number of hydrogen-bond acceptors (Lipinski definition) is 3. The lowest BCUT2D eigenvalue weighted by atomic mass is 10.1. The van der Waals surface area contributed by atoms with E-state index in [0.29, 0.717) is 5.69 Å². The van der Waals surface area contributed by atoms with Crippen molar-refractivity contribution in [1.82, 2.24) is 4.72 Å². The van der Waals surface area contributed by atoms with E-state index in [-0.39, 0.29) is 11.4 Å². The van der Waals surface area contributed by atoms with E-state index in [1.165, 1.54) is 12.1 Å². The van der Waals surface area contributed by atoms with Crippen molar-refractivity contribution in [2.75, 3.05) is 11.9 Å². The van der Waals surface area contributed by atoms with Crippen LogP contribution in [0.25, 0.3) is 0 Å². The Morgan fingerprint density at radius 1 is 1.00 bits per heavy atom. The normalized spacial score (nSPS) is 11.3. The van der Waals surface area contributed by atoms with Gasteiger partial charge in [-0.1, -0.05) is 29.8 Å². The van der Waals surface area contributed by atoms with E-state index in [0.717, 1.165) is 16.7 Å². The molecule has 5 nitrogen and oxygen atoms in total. The van der Waals surface area contributed by atoms with Crippen LogP contribution < -0.4 is 10.0 Å². The van der Waals surface area contributed by atoms with Crippen LogP contribution in [-0.2, 0) is 14.8 Å². The fourth-order valence-electron chi connectivity index (χ4n) is 2.04. The molecule has 0 heterocycles. The van der Waals surface area contributed by atoms with Gasteiger partial charge in [-0.15, -0.1) is 0 Å². The molecule has 1 amide bonds. The van der Waals surface area contributed by atoms with E-state index >= 15 is 0 Å². The molecule has 0 saturated carbocycles. The number of carbonyl (C=O) groups is 1. The van der Waals surface area contributed by atoms with Crippen molar-refractivity contribution in [2.45, 2.75) is 25.7 Å². The molecule has 0 aliphatic rings. The summed E-state index contributed by atoms with van der Waals surface area (Å²) < 4.78 is 26.6. The Labute approximate surface area is 136 Å². The van der Waals surface area contributed by atoms with Crippen LogP contribution in [0.5, 0.6) is 0 Å². The number of aryl methyl sites for hydroxylation is 2. The van der Waals surface area contributed by atoms with Crippen LogP contribution in [0.3, 0.4) is 0 Å². The largest absolute Gasteiger partial charge is 0.325 e. The van der Waals surface area contributed by atoms with Crippen LogP contribution in [0, 0.1) is 20.8 Å². The molecule has 2 rings (SSSR count). The molecule has 0 saturated heterocycles. The van der Waals surface area contributed by atoms with Crippen molar-refractivity contribution in [3.8, 4) is 0 Å². The first kappa shape index (κ1) is 17.2. The number of anilines is 1. The summed E-state index contributed by atoms with van der Waals surface area (Å²) in [5.74, 6) is -0.408. The lowest BCUT2D eigenvalue weighted by molar-refractivity contribution is -0.115. The Bertz CT molecular complexity index is 812. The fraction of sp³-hybridized carbons (Fsp3) is 0.235. The Kier molecular flexibility index (Phi) is 5.18. The summed E-state index contributed by atoms with van der Waals surface area (Å²) in [4.78, 5) is 12.1. The quantitative estimate of drug-likeness (QED) is 0.883. The number of rotatable bonds is 5. The third-order valence-electron chi connectivity index (χ3n) is 3.63. The average molecular weight is 332 g/mol. The summed E-state index contributed by atoms with van der Waals surface area (Å²) >= 11 is 0. The number of amides is 1. The molecule has 122 valence electrons. The molecule has 23 heavy (non-hydrogen) atoms. The SMILES string of the molecule is Cc1ccc(S(=O)(=O)NCC(=O)Nc2cccc(C)c2C)cc1. The van der Waals surface area contributed by atoms with Gasteiger partial charge < -0.3 is 5.32 Å². The lowest BCUT2D eigenvalue weighted by Gasteiger charge is -2.11. The summed E-state index contributed by atoms with van der Waals surface area (Å²) in [6.45, 7) is 5.41. The smallest absolute Gasteiger partial charge is 0.241 e. The molecule has 0 aliphatic carbocycles. The van der Waals surface area contributed by atoms with Gasteiger partial charge in [0.15, 0.2) is 0 Å². The van der Waals surface area contributed by atoms with E-state index in [4.69, 9.17) is 0 Å². The number of sulfonamides is 1. The molecule has 0 aliphatic heterocycles. The monoisotopic (exact) mass is 332 g/mol. The molecule has 0 unspecified atom stereocenters. The highest BCUT2D eigenvalue weighted by Gasteiger charge is 2.15. The Balaban J connectivity index is 2.01. The minimum atomic E-state index is -3.69. The van der Waals surface area contributed by atoms with Crippen molar-refractivity contribution in [3.63, 3.8) is 0 Å². The van der Waals surface area contributed by atoms with Crippen molar-refractivity contribution in [2.24, 2.45) is 0 Å². The Morgan fingerprint density at radius 3 is 2.30 bits per heavy atom. The van der Waals surface area contributed by atoms with Crippen LogP contribution in [0.15, 0.2) is 47.4 Å². The van der Waals surface area contributed by atoms with Crippen LogP contribution in [0.2, 0.25) is 0 Å². The summed E-state index contributed by atoms with van der Waals surface area (Å²) in [7, 11) is -3.69. The number of nitrogens with one attached hydrogen (secondary N) is 2. The highest BCUT2D eigenvalue weighted by atomic mass is 32.2. The first-order valence-corrected chi connectivity index (χ1v) is 8.70. The summed E-state index contributed by atoms with van der Waals surface area (Å²) in [6, 6.07) is 12.0. The lowest BCUT2D eigenvalue weighted by Crippen LogP contribution is -2.33. The molecule has 2 aromatic rings. The third-order valence-corrected chi connectivity index (χ3v) is 5.05. The molecule has 0 aromatic heterocycles. The Morgan fingerprint density at radius 2 is 1.65 bits per heavy atom. The minimum Gasteiger partial charge on any atom is -0.325 e. The molecular formula is C17H20N2O3S. The predicted octanol–water partition coefficient (Wildman–Crippen LogP) is 2.53. The zero-order chi connectivity index (χ0) is 17.0. The van der Waals surface area contributed by atoms with Crippen molar-refractivity contribution in [3.05, 3.63) is 59.2 Å². The van der Waals surface area contributed by atoms with E-state index in [2.05, 4.69) is 10.0 Å². The van der Waals surface area contributed by atoms with Crippen LogP contribution in [-0.4, -0.2) is 20.9 Å². The minimum absolute atomic E-state index is 0.141. The van der Waals surface area contributed by atoms with Crippen LogP contribution >= 0.6 is 0 Å². The van der Waals surface area contributed by atoms with E-state index in [1.54, 1.807) is 18.2 Å². The van der Waals surface area contributed by atoms with Crippen molar-refractivity contribution >= 4 is 21.6 Å². The van der Waals surface area contributed by atoms with Gasteiger partial charge in [0.05, 0.1) is 11.4 Å². The van der Waals surface area contributed by atoms with Gasteiger partial charge in [-0.05, 0) is 50.1 Å². The standard InChI is InChI=1S/C17H20N2O3S/c1-12-7-9-15(10-8-12)23(21,22)18-11-17(20)19-16-6-4-5-13(2)14(16)3/h4-10,18H,11H2,1-3H3,(H,19,20). The molecule has 2 aromatic carbocycles. The van der Waals surface area contributed by atoms with Gasteiger partial charge >= 0.3 is 0 Å². The zero-order valence-electron chi connectivity index (χ0n) is 13.4. The highest BCUT2D eigenvalue weighted by Crippen LogP contribution is 2.17. The maximum Gasteiger partial charge on any atom is 0.241 e. The van der Waals surface area contributed by atoms with Crippen LogP contribution in [0.1, 0.15) is 16.7 Å². The van der Waals surface area contributed by atoms with Gasteiger partial charge in [-0.3, -0.25) is 4.79 Å². The fourth-order valence-corrected chi connectivity index (χ4v) is 3.02. The van der Waals surface area contributed by atoms with Crippen molar-refractivity contribution < 1.29 is 13.2 Å². The van der Waals surface area contributed by atoms with Crippen molar-refractivity contribution in [1.29, 1.82) is 0 Å². The van der Waals surface area contributed by atoms with Gasteiger partial charge in [0.25, 0.3) is 0 Å². The second kappa shape index (κ2) is 6.93. The summed E-state index contributed by atoms with van der Waals surface area (Å²) in [5.41, 5.74) is 3.67. The number of carbonyl (C=O) groups excluding carboxylic acids is 1. The molecule has 0 fully saturated rings.